The van der Waals surface area contributed by atoms with E-state index in [0.717, 1.165) is 0 Å². The standard InChI is InChI=1S/C4H6ClNO/c1-4(2-6)7-3-5/h4H,3H2,1H3. The largest absolute Gasteiger partial charge is 0.348 e. The number of hydrogen-bond acceptors (Lipinski definition) is 2. The fraction of sp³-hybridized carbons (Fsp3) is 0.750. The zero-order valence-electron chi connectivity index (χ0n) is 4.02. The lowest BCUT2D eigenvalue weighted by atomic mass is 10.5. The van der Waals surface area contributed by atoms with Crippen LogP contribution >= 0.6 is 11.6 Å². The molecule has 0 aromatic carbocycles. The summed E-state index contributed by atoms with van der Waals surface area (Å²) in [5.74, 6) is 0. The lowest BCUT2D eigenvalue weighted by molar-refractivity contribution is 0.144. The van der Waals surface area contributed by atoms with Gasteiger partial charge in [0.15, 0.2) is 0 Å². The fourth-order valence-electron chi connectivity index (χ4n) is 0.132. The van der Waals surface area contributed by atoms with Gasteiger partial charge in [0.25, 0.3) is 0 Å². The second-order valence-corrected chi connectivity index (χ2v) is 1.27. The van der Waals surface area contributed by atoms with E-state index in [9.17, 15) is 0 Å². The molecule has 1 atom stereocenters. The number of nitriles is 1. The summed E-state index contributed by atoms with van der Waals surface area (Å²) in [5, 5.41) is 8.03. The predicted molar refractivity (Wildman–Crippen MR) is 26.9 cm³/mol. The molecule has 3 heteroatoms. The van der Waals surface area contributed by atoms with Crippen molar-refractivity contribution in [3.8, 4) is 6.07 Å². The zero-order chi connectivity index (χ0) is 5.70. The molecular formula is C4H6ClNO. The van der Waals surface area contributed by atoms with Crippen LogP contribution in [0.25, 0.3) is 0 Å². The van der Waals surface area contributed by atoms with Crippen LogP contribution in [0.2, 0.25) is 0 Å². The molecule has 0 fully saturated rings. The molecule has 0 radical (unpaired) electrons. The van der Waals surface area contributed by atoms with E-state index in [4.69, 9.17) is 16.9 Å². The average Bonchev–Trinajstić information content (AvgIpc) is 1.68. The molecule has 0 aliphatic carbocycles. The van der Waals surface area contributed by atoms with Gasteiger partial charge in [-0.1, -0.05) is 11.6 Å². The van der Waals surface area contributed by atoms with Gasteiger partial charge in [-0.3, -0.25) is 0 Å². The van der Waals surface area contributed by atoms with Crippen LogP contribution in [0, 0.1) is 11.3 Å². The van der Waals surface area contributed by atoms with E-state index in [0.29, 0.717) is 0 Å². The summed E-state index contributed by atoms with van der Waals surface area (Å²) in [5.41, 5.74) is 0. The van der Waals surface area contributed by atoms with Crippen LogP contribution in [0.1, 0.15) is 6.92 Å². The van der Waals surface area contributed by atoms with Gasteiger partial charge in [0.2, 0.25) is 0 Å². The van der Waals surface area contributed by atoms with Crippen LogP contribution in [0.3, 0.4) is 0 Å². The molecule has 0 aliphatic heterocycles. The van der Waals surface area contributed by atoms with E-state index in [-0.39, 0.29) is 12.2 Å². The van der Waals surface area contributed by atoms with Crippen LogP contribution in [0.5, 0.6) is 0 Å². The maximum atomic E-state index is 8.03. The van der Waals surface area contributed by atoms with Crippen molar-refractivity contribution in [3.05, 3.63) is 0 Å². The quantitative estimate of drug-likeness (QED) is 0.510. The Balaban J connectivity index is 3.04. The first kappa shape index (κ1) is 6.74. The SMILES string of the molecule is CC(C#N)OCCl. The lowest BCUT2D eigenvalue weighted by Gasteiger charge is -1.95. The molecule has 0 N–H and O–H groups in total. The van der Waals surface area contributed by atoms with Crippen molar-refractivity contribution in [1.82, 2.24) is 0 Å². The average molecular weight is 120 g/mol. The number of halogens is 1. The van der Waals surface area contributed by atoms with Crippen molar-refractivity contribution in [2.24, 2.45) is 0 Å². The fourth-order valence-corrected chi connectivity index (χ4v) is 0.321. The summed E-state index contributed by atoms with van der Waals surface area (Å²) in [6, 6.07) is 1.95. The molecule has 7 heavy (non-hydrogen) atoms. The predicted octanol–water partition coefficient (Wildman–Crippen LogP) is 1.11. The van der Waals surface area contributed by atoms with Crippen molar-refractivity contribution in [3.63, 3.8) is 0 Å². The van der Waals surface area contributed by atoms with Crippen molar-refractivity contribution < 1.29 is 4.74 Å². The van der Waals surface area contributed by atoms with Crippen LogP contribution in [0.4, 0.5) is 0 Å². The highest BCUT2D eigenvalue weighted by Crippen LogP contribution is 1.87. The van der Waals surface area contributed by atoms with Gasteiger partial charge in [0.05, 0.1) is 6.07 Å². The Labute approximate surface area is 47.6 Å². The minimum Gasteiger partial charge on any atom is -0.348 e. The maximum Gasteiger partial charge on any atom is 0.142 e. The van der Waals surface area contributed by atoms with Crippen molar-refractivity contribution in [2.75, 3.05) is 6.07 Å². The molecule has 2 nitrogen and oxygen atoms in total. The minimum absolute atomic E-state index is 0.0920. The molecule has 0 aliphatic rings. The second kappa shape index (κ2) is 3.91. The highest BCUT2D eigenvalue weighted by molar-refractivity contribution is 6.17. The van der Waals surface area contributed by atoms with Crippen molar-refractivity contribution in [1.29, 1.82) is 5.26 Å². The van der Waals surface area contributed by atoms with Crippen molar-refractivity contribution in [2.45, 2.75) is 13.0 Å². The molecule has 0 aromatic rings. The first-order chi connectivity index (χ1) is 3.31. The third kappa shape index (κ3) is 3.57. The number of nitrogens with zero attached hydrogens (tertiary/aromatic N) is 1. The maximum absolute atomic E-state index is 8.03. The van der Waals surface area contributed by atoms with Crippen LogP contribution in [-0.2, 0) is 4.74 Å². The third-order valence-electron chi connectivity index (χ3n) is 0.495. The zero-order valence-corrected chi connectivity index (χ0v) is 4.77. The molecule has 0 spiro atoms. The Bertz CT molecular complexity index is 78.2. The Kier molecular flexibility index (Phi) is 3.77. The monoisotopic (exact) mass is 119 g/mol. The number of ether oxygens (including phenoxy) is 1. The molecule has 0 aromatic heterocycles. The number of hydrogen-bond donors (Lipinski definition) is 0. The third-order valence-corrected chi connectivity index (χ3v) is 0.621. The van der Waals surface area contributed by atoms with Crippen LogP contribution in [-0.4, -0.2) is 12.2 Å². The topological polar surface area (TPSA) is 33.0 Å². The van der Waals surface area contributed by atoms with Gasteiger partial charge in [-0.05, 0) is 6.92 Å². The highest BCUT2D eigenvalue weighted by atomic mass is 35.5. The number of alkyl halides is 1. The molecular weight excluding hydrogens is 114 g/mol. The van der Waals surface area contributed by atoms with Gasteiger partial charge in [-0.25, -0.2) is 0 Å². The molecule has 0 amide bonds. The smallest absolute Gasteiger partial charge is 0.142 e. The summed E-state index contributed by atoms with van der Waals surface area (Å²) < 4.78 is 4.60. The van der Waals surface area contributed by atoms with E-state index in [1.54, 1.807) is 6.92 Å². The summed E-state index contributed by atoms with van der Waals surface area (Å²) in [6.45, 7) is 1.64. The van der Waals surface area contributed by atoms with Gasteiger partial charge in [-0.15, -0.1) is 0 Å². The van der Waals surface area contributed by atoms with E-state index in [1.165, 1.54) is 0 Å². The molecule has 0 rings (SSSR count). The van der Waals surface area contributed by atoms with E-state index < -0.39 is 0 Å². The summed E-state index contributed by atoms with van der Waals surface area (Å²) >= 11 is 5.10. The van der Waals surface area contributed by atoms with E-state index in [2.05, 4.69) is 4.74 Å². The van der Waals surface area contributed by atoms with Crippen LogP contribution in [0.15, 0.2) is 0 Å². The Morgan fingerprint density at radius 3 is 2.71 bits per heavy atom. The molecule has 0 bridgehead atoms. The first-order valence-electron chi connectivity index (χ1n) is 1.88. The molecule has 0 heterocycles. The molecule has 0 saturated carbocycles. The van der Waals surface area contributed by atoms with Gasteiger partial charge in [-0.2, -0.15) is 5.26 Å². The lowest BCUT2D eigenvalue weighted by Crippen LogP contribution is -2.01. The van der Waals surface area contributed by atoms with Gasteiger partial charge in [0.1, 0.15) is 12.2 Å². The number of rotatable bonds is 2. The van der Waals surface area contributed by atoms with E-state index >= 15 is 0 Å². The molecule has 40 valence electrons. The second-order valence-electron chi connectivity index (χ2n) is 1.05. The normalized spacial score (nSPS) is 12.7. The first-order valence-corrected chi connectivity index (χ1v) is 2.42. The van der Waals surface area contributed by atoms with Crippen molar-refractivity contribution >= 4 is 11.6 Å². The van der Waals surface area contributed by atoms with Gasteiger partial charge >= 0.3 is 0 Å². The Hall–Kier alpha value is -0.260. The van der Waals surface area contributed by atoms with Crippen LogP contribution < -0.4 is 0 Å². The minimum atomic E-state index is -0.377. The molecule has 1 unspecified atom stereocenters. The van der Waals surface area contributed by atoms with Gasteiger partial charge < -0.3 is 4.74 Å². The molecule has 0 saturated heterocycles. The summed E-state index contributed by atoms with van der Waals surface area (Å²) in [6.07, 6.45) is -0.377. The summed E-state index contributed by atoms with van der Waals surface area (Å²) in [4.78, 5) is 0. The Morgan fingerprint density at radius 2 is 2.57 bits per heavy atom. The van der Waals surface area contributed by atoms with E-state index in [1.807, 2.05) is 6.07 Å². The highest BCUT2D eigenvalue weighted by Gasteiger charge is 1.92. The van der Waals surface area contributed by atoms with Gasteiger partial charge in [0, 0.05) is 0 Å². The Morgan fingerprint density at radius 1 is 2.00 bits per heavy atom. The summed E-state index contributed by atoms with van der Waals surface area (Å²) in [7, 11) is 0.